The number of pyridine rings is 1. The number of benzene rings is 2. The highest BCUT2D eigenvalue weighted by atomic mass is 35.5. The number of hydrogen-bond donors (Lipinski definition) is 3. The van der Waals surface area contributed by atoms with E-state index in [0.717, 1.165) is 74.2 Å². The number of rotatable bonds is 16. The Morgan fingerprint density at radius 2 is 1.52 bits per heavy atom. The van der Waals surface area contributed by atoms with Crippen molar-refractivity contribution in [3.63, 3.8) is 0 Å². The summed E-state index contributed by atoms with van der Waals surface area (Å²) in [6.07, 6.45) is 20.4. The maximum Gasteiger partial charge on any atom is 0.303 e. The first-order valence-electron chi connectivity index (χ1n) is 20.7. The average molecular weight is 803 g/mol. The molecule has 2 aromatic carbocycles. The van der Waals surface area contributed by atoms with Gasteiger partial charge in [0.15, 0.2) is 5.71 Å². The molecule has 9 nitrogen and oxygen atoms in total. The smallest absolute Gasteiger partial charge is 0.303 e. The number of amides is 2. The Morgan fingerprint density at radius 3 is 2.29 bits per heavy atom. The molecule has 0 bridgehead atoms. The molecular formula is C48H57ClN5O4+. The monoisotopic (exact) mass is 802 g/mol. The van der Waals surface area contributed by atoms with Crippen LogP contribution < -0.4 is 15.8 Å². The minimum absolute atomic E-state index is 0.184. The molecule has 0 unspecified atom stereocenters. The van der Waals surface area contributed by atoms with Gasteiger partial charge in [0.2, 0.25) is 11.6 Å². The standard InChI is InChI=1S/C48H56ClN5O4/c1-47(2)37-18-9-11-20-39(37)53(32-13-5-7-22-43(55)51-52-46(58)36-28-30-50-31-29-36)41(47)26-24-34-16-15-17-35(45(34)49)25-27-42-48(3,4)38-19-10-12-21-40(38)54(42)33-14-6-8-23-44(56)57/h9-12,18-21,24-31H,5-8,13-17,22-23,32-33H2,1-4H3,(H2-,50,51,52,55,56,57,58)/p+1. The lowest BCUT2D eigenvalue weighted by Gasteiger charge is -2.27. The zero-order valence-corrected chi connectivity index (χ0v) is 35.1. The largest absolute Gasteiger partial charge is 0.481 e. The van der Waals surface area contributed by atoms with E-state index < -0.39 is 5.97 Å². The number of fused-ring (bicyclic) bond motifs is 2. The summed E-state index contributed by atoms with van der Waals surface area (Å²) in [7, 11) is 0. The number of anilines is 1. The Morgan fingerprint density at radius 1 is 0.810 bits per heavy atom. The molecule has 3 aromatic rings. The van der Waals surface area contributed by atoms with E-state index in [4.69, 9.17) is 16.7 Å². The lowest BCUT2D eigenvalue weighted by Crippen LogP contribution is -2.41. The van der Waals surface area contributed by atoms with E-state index in [1.165, 1.54) is 46.3 Å². The van der Waals surface area contributed by atoms with Crippen LogP contribution in [-0.2, 0) is 20.4 Å². The quantitative estimate of drug-likeness (QED) is 0.0755. The summed E-state index contributed by atoms with van der Waals surface area (Å²) in [4.78, 5) is 42.1. The van der Waals surface area contributed by atoms with Gasteiger partial charge in [0, 0.05) is 83.3 Å². The van der Waals surface area contributed by atoms with Crippen LogP contribution in [0.2, 0.25) is 0 Å². The predicted octanol–water partition coefficient (Wildman–Crippen LogP) is 9.97. The molecular weight excluding hydrogens is 746 g/mol. The normalized spacial score (nSPS) is 18.3. The summed E-state index contributed by atoms with van der Waals surface area (Å²) in [6.45, 7) is 10.8. The molecule has 58 heavy (non-hydrogen) atoms. The summed E-state index contributed by atoms with van der Waals surface area (Å²) in [5.74, 6) is -1.33. The van der Waals surface area contributed by atoms with E-state index in [2.05, 4.69) is 126 Å². The molecule has 1 aromatic heterocycles. The zero-order valence-electron chi connectivity index (χ0n) is 34.3. The number of aromatic nitrogens is 1. The third kappa shape index (κ3) is 9.70. The van der Waals surface area contributed by atoms with Gasteiger partial charge in [0.1, 0.15) is 6.54 Å². The lowest BCUT2D eigenvalue weighted by atomic mass is 9.81. The number of hydrazine groups is 1. The number of aliphatic carboxylic acids is 1. The molecule has 0 saturated heterocycles. The van der Waals surface area contributed by atoms with Crippen LogP contribution in [0.15, 0.2) is 119 Å². The molecule has 1 aliphatic carbocycles. The number of unbranched alkanes of at least 4 members (excludes halogenated alkanes) is 4. The average Bonchev–Trinajstić information content (AvgIpc) is 3.57. The van der Waals surface area contributed by atoms with Crippen molar-refractivity contribution in [3.8, 4) is 0 Å². The Hall–Kier alpha value is -5.28. The van der Waals surface area contributed by atoms with Gasteiger partial charge in [0.25, 0.3) is 5.91 Å². The van der Waals surface area contributed by atoms with Crippen LogP contribution in [0.1, 0.15) is 120 Å². The van der Waals surface area contributed by atoms with Crippen molar-refractivity contribution >= 4 is 46.5 Å². The van der Waals surface area contributed by atoms with Gasteiger partial charge in [-0.3, -0.25) is 30.2 Å². The summed E-state index contributed by atoms with van der Waals surface area (Å²) in [6, 6.07) is 20.4. The van der Waals surface area contributed by atoms with Crippen LogP contribution in [0.3, 0.4) is 0 Å². The van der Waals surface area contributed by atoms with Crippen molar-refractivity contribution in [2.24, 2.45) is 0 Å². The Labute approximate surface area is 348 Å². The van der Waals surface area contributed by atoms with E-state index in [9.17, 15) is 14.4 Å². The molecule has 0 atom stereocenters. The molecule has 10 heteroatoms. The number of carboxylic acid groups (broad SMARTS) is 1. The van der Waals surface area contributed by atoms with Gasteiger partial charge >= 0.3 is 5.97 Å². The molecule has 0 spiro atoms. The molecule has 2 aliphatic heterocycles. The highest BCUT2D eigenvalue weighted by Crippen LogP contribution is 2.48. The Bertz CT molecular complexity index is 2160. The first-order chi connectivity index (χ1) is 27.9. The van der Waals surface area contributed by atoms with E-state index in [1.54, 1.807) is 12.1 Å². The SMILES string of the molecule is CC1(C)C(=CC=C2CCCC(C=CC3=[N+](CCCCCC(=O)NNC(=O)c4ccncc4)c4ccccc4C3(C)C)=C2Cl)N(CCCCCC(=O)O)c2ccccc21. The van der Waals surface area contributed by atoms with E-state index in [1.807, 2.05) is 0 Å². The number of hydrogen-bond acceptors (Lipinski definition) is 5. The molecule has 0 fully saturated rings. The maximum atomic E-state index is 12.5. The first-order valence-corrected chi connectivity index (χ1v) is 21.1. The summed E-state index contributed by atoms with van der Waals surface area (Å²) < 4.78 is 2.43. The van der Waals surface area contributed by atoms with Crippen molar-refractivity contribution in [1.82, 2.24) is 15.8 Å². The van der Waals surface area contributed by atoms with Crippen molar-refractivity contribution in [1.29, 1.82) is 0 Å². The molecule has 0 saturated carbocycles. The molecule has 0 radical (unpaired) electrons. The van der Waals surface area contributed by atoms with Crippen LogP contribution in [0.5, 0.6) is 0 Å². The van der Waals surface area contributed by atoms with E-state index >= 15 is 0 Å². The topological polar surface area (TPSA) is 115 Å². The van der Waals surface area contributed by atoms with Gasteiger partial charge in [-0.05, 0) is 99.8 Å². The number of nitrogens with zero attached hydrogens (tertiary/aromatic N) is 3. The second-order valence-electron chi connectivity index (χ2n) is 16.5. The lowest BCUT2D eigenvalue weighted by molar-refractivity contribution is -0.438. The van der Waals surface area contributed by atoms with Crippen molar-refractivity contribution in [2.75, 3.05) is 18.0 Å². The predicted molar refractivity (Wildman–Crippen MR) is 233 cm³/mol. The number of carboxylic acids is 1. The fourth-order valence-electron chi connectivity index (χ4n) is 8.55. The van der Waals surface area contributed by atoms with Crippen LogP contribution in [0, 0.1) is 0 Å². The minimum atomic E-state index is -0.738. The number of halogens is 1. The highest BCUT2D eigenvalue weighted by Gasteiger charge is 2.44. The van der Waals surface area contributed by atoms with Gasteiger partial charge < -0.3 is 10.0 Å². The number of carbonyl (C=O) groups excluding carboxylic acids is 2. The fraction of sp³-hybridized carbons (Fsp3) is 0.396. The molecule has 6 rings (SSSR count). The number of nitrogens with one attached hydrogen (secondary N) is 2. The van der Waals surface area contributed by atoms with Gasteiger partial charge in [0.05, 0.1) is 5.41 Å². The van der Waals surface area contributed by atoms with Crippen LogP contribution in [0.25, 0.3) is 0 Å². The third-order valence-corrected chi connectivity index (χ3v) is 12.2. The van der Waals surface area contributed by atoms with Crippen molar-refractivity contribution in [3.05, 3.63) is 136 Å². The van der Waals surface area contributed by atoms with E-state index in [0.29, 0.717) is 24.8 Å². The first kappa shape index (κ1) is 42.3. The zero-order chi connectivity index (χ0) is 41.3. The van der Waals surface area contributed by atoms with Gasteiger partial charge in [-0.2, -0.15) is 4.58 Å². The number of allylic oxidation sites excluding steroid dienone is 8. The van der Waals surface area contributed by atoms with Crippen LogP contribution in [0.4, 0.5) is 11.4 Å². The number of carbonyl (C=O) groups is 3. The number of para-hydroxylation sites is 2. The van der Waals surface area contributed by atoms with Gasteiger partial charge in [-0.25, -0.2) is 0 Å². The summed E-state index contributed by atoms with van der Waals surface area (Å²) in [5, 5.41) is 9.92. The summed E-state index contributed by atoms with van der Waals surface area (Å²) in [5.41, 5.74) is 14.8. The van der Waals surface area contributed by atoms with Crippen molar-refractivity contribution in [2.45, 2.75) is 109 Å². The van der Waals surface area contributed by atoms with Gasteiger partial charge in [-0.1, -0.05) is 80.4 Å². The Balaban J connectivity index is 1.15. The van der Waals surface area contributed by atoms with Crippen LogP contribution >= 0.6 is 11.6 Å². The Kier molecular flexibility index (Phi) is 13.9. The third-order valence-electron chi connectivity index (χ3n) is 11.8. The molecule has 3 N–H and O–H groups in total. The fourth-order valence-corrected chi connectivity index (χ4v) is 8.87. The van der Waals surface area contributed by atoms with E-state index in [-0.39, 0.29) is 29.1 Å². The second-order valence-corrected chi connectivity index (χ2v) is 16.9. The molecule has 3 heterocycles. The molecule has 304 valence electrons. The highest BCUT2D eigenvalue weighted by molar-refractivity contribution is 6.32. The summed E-state index contributed by atoms with van der Waals surface area (Å²) >= 11 is 7.26. The second kappa shape index (κ2) is 19.0. The molecule has 2 amide bonds. The minimum Gasteiger partial charge on any atom is -0.481 e. The van der Waals surface area contributed by atoms with Crippen LogP contribution in [-0.4, -0.2) is 51.3 Å². The maximum absolute atomic E-state index is 12.5. The van der Waals surface area contributed by atoms with Crippen molar-refractivity contribution < 1.29 is 24.1 Å². The molecule has 3 aliphatic rings. The van der Waals surface area contributed by atoms with Gasteiger partial charge in [-0.15, -0.1) is 0 Å².